The predicted molar refractivity (Wildman–Crippen MR) is 58.7 cm³/mol. The zero-order valence-electron chi connectivity index (χ0n) is 9.83. The highest BCUT2D eigenvalue weighted by atomic mass is 16.5. The number of hydrogen-bond acceptors (Lipinski definition) is 4. The minimum absolute atomic E-state index is 0.0869. The molecule has 0 aliphatic carbocycles. The monoisotopic (exact) mass is 246 g/mol. The van der Waals surface area contributed by atoms with E-state index in [0.29, 0.717) is 19.8 Å². The topological polar surface area (TPSA) is 90.3 Å². The van der Waals surface area contributed by atoms with Gasteiger partial charge >= 0.3 is 12.0 Å². The van der Waals surface area contributed by atoms with Crippen molar-refractivity contribution in [3.05, 3.63) is 0 Å². The van der Waals surface area contributed by atoms with Crippen LogP contribution in [0.5, 0.6) is 0 Å². The van der Waals surface area contributed by atoms with Gasteiger partial charge in [-0.3, -0.25) is 4.79 Å². The summed E-state index contributed by atoms with van der Waals surface area (Å²) in [6.07, 6.45) is -0.0869. The van der Waals surface area contributed by atoms with Crippen LogP contribution in [0.25, 0.3) is 0 Å². The quantitative estimate of drug-likeness (QED) is 0.678. The summed E-state index contributed by atoms with van der Waals surface area (Å²) in [5.74, 6) is -0.940. The average molecular weight is 246 g/mol. The van der Waals surface area contributed by atoms with Crippen molar-refractivity contribution in [2.75, 3.05) is 40.0 Å². The van der Waals surface area contributed by atoms with Gasteiger partial charge in [0.1, 0.15) is 0 Å². The molecule has 17 heavy (non-hydrogen) atoms. The second kappa shape index (κ2) is 6.41. The number of ether oxygens (including phenoxy) is 1. The van der Waals surface area contributed by atoms with Crippen LogP contribution in [0, 0.1) is 0 Å². The normalized spacial score (nSPS) is 20.1. The van der Waals surface area contributed by atoms with Crippen LogP contribution in [-0.2, 0) is 9.53 Å². The minimum Gasteiger partial charge on any atom is -0.481 e. The Morgan fingerprint density at radius 1 is 1.53 bits per heavy atom. The molecule has 1 unspecified atom stereocenters. The van der Waals surface area contributed by atoms with Crippen LogP contribution in [0.3, 0.4) is 0 Å². The Morgan fingerprint density at radius 2 is 2.24 bits per heavy atom. The molecule has 2 N–H and O–H groups in total. The molecule has 7 heteroatoms. The van der Waals surface area contributed by atoms with E-state index >= 15 is 0 Å². The molecule has 98 valence electrons. The Morgan fingerprint density at radius 3 is 2.82 bits per heavy atom. The number of urea groups is 1. The van der Waals surface area contributed by atoms with Gasteiger partial charge in [0.15, 0.2) is 0 Å². The molecule has 0 aromatic carbocycles. The van der Waals surface area contributed by atoms with Crippen molar-refractivity contribution in [2.24, 2.45) is 0 Å². The lowest BCUT2D eigenvalue weighted by atomic mass is 10.2. The standard InChI is InChI=1S/C10H18N2O5/c1-11(3-2-9(14)15)10(16)12-4-5-17-7-8(12)6-13/h8,13H,2-7H2,1H3,(H,14,15). The van der Waals surface area contributed by atoms with E-state index in [1.165, 1.54) is 9.80 Å². The summed E-state index contributed by atoms with van der Waals surface area (Å²) in [5, 5.41) is 17.7. The zero-order chi connectivity index (χ0) is 12.8. The number of aliphatic hydroxyl groups excluding tert-OH is 1. The van der Waals surface area contributed by atoms with E-state index in [4.69, 9.17) is 14.9 Å². The van der Waals surface area contributed by atoms with E-state index < -0.39 is 5.97 Å². The Balaban J connectivity index is 2.51. The highest BCUT2D eigenvalue weighted by Gasteiger charge is 2.28. The number of carbonyl (C=O) groups is 2. The summed E-state index contributed by atoms with van der Waals surface area (Å²) in [7, 11) is 1.55. The molecule has 0 spiro atoms. The molecule has 0 bridgehead atoms. The van der Waals surface area contributed by atoms with Crippen LogP contribution in [0.1, 0.15) is 6.42 Å². The lowest BCUT2D eigenvalue weighted by Gasteiger charge is -2.36. The third kappa shape index (κ3) is 3.86. The largest absolute Gasteiger partial charge is 0.481 e. The predicted octanol–water partition coefficient (Wildman–Crippen LogP) is -0.794. The van der Waals surface area contributed by atoms with Gasteiger partial charge in [-0.15, -0.1) is 0 Å². The SMILES string of the molecule is CN(CCC(=O)O)C(=O)N1CCOCC1CO. The van der Waals surface area contributed by atoms with Crippen LogP contribution in [0.15, 0.2) is 0 Å². The van der Waals surface area contributed by atoms with Crippen LogP contribution in [-0.4, -0.2) is 78.0 Å². The first-order chi connectivity index (χ1) is 8.06. The van der Waals surface area contributed by atoms with Gasteiger partial charge in [-0.25, -0.2) is 4.79 Å². The van der Waals surface area contributed by atoms with Gasteiger partial charge in [-0.1, -0.05) is 0 Å². The molecule has 0 aromatic rings. The molecule has 0 aromatic heterocycles. The fraction of sp³-hybridized carbons (Fsp3) is 0.800. The molecule has 0 radical (unpaired) electrons. The first kappa shape index (κ1) is 13.7. The average Bonchev–Trinajstić information content (AvgIpc) is 2.34. The Hall–Kier alpha value is -1.34. The van der Waals surface area contributed by atoms with E-state index in [0.717, 1.165) is 0 Å². The summed E-state index contributed by atoms with van der Waals surface area (Å²) < 4.78 is 5.16. The van der Waals surface area contributed by atoms with Crippen LogP contribution < -0.4 is 0 Å². The van der Waals surface area contributed by atoms with Crippen LogP contribution >= 0.6 is 0 Å². The van der Waals surface area contributed by atoms with E-state index in [9.17, 15) is 9.59 Å². The number of nitrogens with zero attached hydrogens (tertiary/aromatic N) is 2. The molecule has 1 atom stereocenters. The number of carbonyl (C=O) groups excluding carboxylic acids is 1. The molecule has 1 saturated heterocycles. The highest BCUT2D eigenvalue weighted by molar-refractivity contribution is 5.75. The van der Waals surface area contributed by atoms with Gasteiger partial charge in [0.25, 0.3) is 0 Å². The zero-order valence-corrected chi connectivity index (χ0v) is 9.83. The maximum Gasteiger partial charge on any atom is 0.320 e. The summed E-state index contributed by atoms with van der Waals surface area (Å²) in [6.45, 7) is 1.17. The first-order valence-electron chi connectivity index (χ1n) is 5.48. The Kier molecular flexibility index (Phi) is 5.17. The molecule has 2 amide bonds. The molecule has 1 rings (SSSR count). The van der Waals surface area contributed by atoms with Crippen molar-refractivity contribution in [3.63, 3.8) is 0 Å². The van der Waals surface area contributed by atoms with Gasteiger partial charge < -0.3 is 24.7 Å². The number of carboxylic acids is 1. The maximum absolute atomic E-state index is 12.0. The van der Waals surface area contributed by atoms with Crippen molar-refractivity contribution in [2.45, 2.75) is 12.5 Å². The van der Waals surface area contributed by atoms with E-state index in [-0.39, 0.29) is 31.6 Å². The first-order valence-corrected chi connectivity index (χ1v) is 5.48. The van der Waals surface area contributed by atoms with Gasteiger partial charge in [0.05, 0.1) is 32.3 Å². The van der Waals surface area contributed by atoms with E-state index in [1.54, 1.807) is 7.05 Å². The third-order valence-corrected chi connectivity index (χ3v) is 2.67. The van der Waals surface area contributed by atoms with Crippen molar-refractivity contribution in [1.29, 1.82) is 0 Å². The summed E-state index contributed by atoms with van der Waals surface area (Å²) in [6, 6.07) is -0.614. The smallest absolute Gasteiger partial charge is 0.320 e. The Bertz CT molecular complexity index is 284. The summed E-state index contributed by atoms with van der Waals surface area (Å²) >= 11 is 0. The number of aliphatic carboxylic acids is 1. The lowest BCUT2D eigenvalue weighted by Crippen LogP contribution is -2.54. The third-order valence-electron chi connectivity index (χ3n) is 2.67. The van der Waals surface area contributed by atoms with E-state index in [1.807, 2.05) is 0 Å². The number of hydrogen-bond donors (Lipinski definition) is 2. The summed E-state index contributed by atoms with van der Waals surface area (Å²) in [4.78, 5) is 25.3. The molecule has 0 saturated carbocycles. The molecule has 1 heterocycles. The van der Waals surface area contributed by atoms with Crippen molar-refractivity contribution >= 4 is 12.0 Å². The minimum atomic E-state index is -0.940. The number of aliphatic hydroxyl groups is 1. The molecule has 1 fully saturated rings. The highest BCUT2D eigenvalue weighted by Crippen LogP contribution is 2.09. The van der Waals surface area contributed by atoms with Crippen molar-refractivity contribution < 1.29 is 24.5 Å². The fourth-order valence-corrected chi connectivity index (χ4v) is 1.64. The number of amides is 2. The van der Waals surface area contributed by atoms with Gasteiger partial charge in [-0.2, -0.15) is 0 Å². The van der Waals surface area contributed by atoms with Crippen molar-refractivity contribution in [3.8, 4) is 0 Å². The molecule has 7 nitrogen and oxygen atoms in total. The van der Waals surface area contributed by atoms with Crippen molar-refractivity contribution in [1.82, 2.24) is 9.80 Å². The maximum atomic E-state index is 12.0. The molecular weight excluding hydrogens is 228 g/mol. The van der Waals surface area contributed by atoms with Crippen LogP contribution in [0.2, 0.25) is 0 Å². The number of carboxylic acid groups (broad SMARTS) is 1. The lowest BCUT2D eigenvalue weighted by molar-refractivity contribution is -0.137. The van der Waals surface area contributed by atoms with Gasteiger partial charge in [-0.05, 0) is 0 Å². The second-order valence-electron chi connectivity index (χ2n) is 3.95. The van der Waals surface area contributed by atoms with Crippen LogP contribution in [0.4, 0.5) is 4.79 Å². The number of morpholine rings is 1. The molecule has 1 aliphatic heterocycles. The number of rotatable bonds is 4. The fourth-order valence-electron chi connectivity index (χ4n) is 1.64. The second-order valence-corrected chi connectivity index (χ2v) is 3.95. The Labute approximate surface area is 99.6 Å². The molecular formula is C10H18N2O5. The summed E-state index contributed by atoms with van der Waals surface area (Å²) in [5.41, 5.74) is 0. The van der Waals surface area contributed by atoms with Gasteiger partial charge in [0.2, 0.25) is 0 Å². The molecule has 1 aliphatic rings. The van der Waals surface area contributed by atoms with Gasteiger partial charge in [0, 0.05) is 20.1 Å². The van der Waals surface area contributed by atoms with E-state index in [2.05, 4.69) is 0 Å².